The summed E-state index contributed by atoms with van der Waals surface area (Å²) in [4.78, 5) is 64.1. The van der Waals surface area contributed by atoms with Crippen LogP contribution in [-0.2, 0) is 26.2 Å². The second kappa shape index (κ2) is 19.2. The van der Waals surface area contributed by atoms with E-state index in [0.29, 0.717) is 69.4 Å². The number of nitrogens with one attached hydrogen (secondary N) is 3. The van der Waals surface area contributed by atoms with E-state index < -0.39 is 23.6 Å². The Balaban J connectivity index is 1.25. The molecule has 1 saturated heterocycles. The molecule has 0 bridgehead atoms. The summed E-state index contributed by atoms with van der Waals surface area (Å²) in [5, 5.41) is 18.1. The van der Waals surface area contributed by atoms with Crippen molar-refractivity contribution in [1.82, 2.24) is 48.9 Å². The van der Waals surface area contributed by atoms with E-state index in [1.54, 1.807) is 49.7 Å². The number of nitrogens with zero attached hydrogens (tertiary/aromatic N) is 9. The molecule has 5 heterocycles. The number of methoxy groups -OCH3 is 1. The number of nitrogens with two attached hydrogens (primary N) is 2. The first kappa shape index (κ1) is 43.8. The summed E-state index contributed by atoms with van der Waals surface area (Å²) in [5.41, 5.74) is 15.6. The Kier molecular flexibility index (Phi) is 13.3. The number of piperazine rings is 1. The zero-order chi connectivity index (χ0) is 44.8. The maximum Gasteiger partial charge on any atom is 0.276 e. The molecule has 0 unspecified atom stereocenters. The van der Waals surface area contributed by atoms with E-state index >= 15 is 0 Å². The number of fused-ring (bicyclic) bond motifs is 2. The molecule has 0 spiro atoms. The SMILES string of the molecule is CCn1nc(C)cc1C(=O)Nc1nc2cc(C(N)=O)cc(OC)c2n1C/C=C/Cn1c(NC(=O)c2cc(C)nn2CC)nc2cc(C(N)=O)cc(OC/C=C/CN3CCNCC3)c21. The van der Waals surface area contributed by atoms with Crippen LogP contribution in [0.3, 0.4) is 0 Å². The van der Waals surface area contributed by atoms with E-state index in [1.165, 1.54) is 19.2 Å². The number of ether oxygens (including phenoxy) is 2. The first-order valence-electron chi connectivity index (χ1n) is 20.7. The molecule has 0 aliphatic carbocycles. The standard InChI is InChI=1S/C43H52N14O6/c1-6-56-32(20-26(3)51-56)40(60)49-42-47-30-22-28(38(44)58)24-34(62-5)36(30)54(42)15-8-9-16-55-37-31(48-43(55)50-41(61)33-21-27(4)52-57(33)7-2)23-29(39(45)59)25-35(37)63-19-11-10-14-53-17-12-46-13-18-53/h8-11,20-25,46H,6-7,12-19H2,1-5H3,(H2,44,58)(H2,45,59)(H,47,49,60)(H,48,50,61)/b9-8+,11-10+. The number of hydrogen-bond acceptors (Lipinski definition) is 12. The summed E-state index contributed by atoms with van der Waals surface area (Å²) in [6, 6.07) is 9.58. The van der Waals surface area contributed by atoms with Gasteiger partial charge in [-0.25, -0.2) is 9.97 Å². The number of anilines is 2. The number of carbonyl (C=O) groups excluding carboxylic acids is 4. The molecule has 0 saturated carbocycles. The third-order valence-electron chi connectivity index (χ3n) is 10.5. The molecule has 20 heteroatoms. The molecule has 1 aliphatic heterocycles. The van der Waals surface area contributed by atoms with Crippen molar-refractivity contribution in [3.8, 4) is 11.5 Å². The summed E-state index contributed by atoms with van der Waals surface area (Å²) in [6.45, 7) is 13.4. The van der Waals surface area contributed by atoms with Crippen LogP contribution < -0.4 is 36.9 Å². The van der Waals surface area contributed by atoms with Gasteiger partial charge in [-0.3, -0.25) is 44.1 Å². The van der Waals surface area contributed by atoms with Crippen molar-refractivity contribution in [2.24, 2.45) is 11.5 Å². The second-order valence-corrected chi connectivity index (χ2v) is 14.9. The van der Waals surface area contributed by atoms with Crippen LogP contribution in [-0.4, -0.2) is 114 Å². The molecule has 1 fully saturated rings. The minimum atomic E-state index is -0.667. The molecular formula is C43H52N14O6. The molecule has 4 amide bonds. The van der Waals surface area contributed by atoms with Gasteiger partial charge in [0.2, 0.25) is 23.7 Å². The van der Waals surface area contributed by atoms with Crippen molar-refractivity contribution < 1.29 is 28.7 Å². The highest BCUT2D eigenvalue weighted by Gasteiger charge is 2.24. The normalized spacial score (nSPS) is 13.4. The van der Waals surface area contributed by atoms with Crippen LogP contribution in [0, 0.1) is 13.8 Å². The number of benzene rings is 2. The largest absolute Gasteiger partial charge is 0.494 e. The lowest BCUT2D eigenvalue weighted by molar-refractivity contribution is 0.0991. The highest BCUT2D eigenvalue weighted by Crippen LogP contribution is 2.33. The number of aromatic nitrogens is 8. The number of hydrogen-bond donors (Lipinski definition) is 5. The van der Waals surface area contributed by atoms with Crippen LogP contribution in [0.25, 0.3) is 22.1 Å². The second-order valence-electron chi connectivity index (χ2n) is 14.9. The van der Waals surface area contributed by atoms with Crippen LogP contribution in [0.1, 0.15) is 66.9 Å². The molecule has 1 aliphatic rings. The molecule has 20 nitrogen and oxygen atoms in total. The molecule has 4 aromatic heterocycles. The molecule has 7 N–H and O–H groups in total. The predicted octanol–water partition coefficient (Wildman–Crippen LogP) is 3.24. The van der Waals surface area contributed by atoms with E-state index in [2.05, 4.69) is 31.0 Å². The Bertz CT molecular complexity index is 2750. The minimum absolute atomic E-state index is 0.162. The van der Waals surface area contributed by atoms with Gasteiger partial charge >= 0.3 is 0 Å². The zero-order valence-corrected chi connectivity index (χ0v) is 36.0. The zero-order valence-electron chi connectivity index (χ0n) is 36.0. The van der Waals surface area contributed by atoms with Crippen molar-refractivity contribution >= 4 is 57.6 Å². The minimum Gasteiger partial charge on any atom is -0.494 e. The maximum atomic E-state index is 13.8. The lowest BCUT2D eigenvalue weighted by atomic mass is 10.1. The Hall–Kier alpha value is -7.32. The highest BCUT2D eigenvalue weighted by molar-refractivity contribution is 6.05. The molecule has 6 aromatic rings. The summed E-state index contributed by atoms with van der Waals surface area (Å²) < 4.78 is 18.7. The summed E-state index contributed by atoms with van der Waals surface area (Å²) >= 11 is 0. The van der Waals surface area contributed by atoms with Crippen molar-refractivity contribution in [1.29, 1.82) is 0 Å². The van der Waals surface area contributed by atoms with E-state index in [4.69, 9.17) is 30.9 Å². The summed E-state index contributed by atoms with van der Waals surface area (Å²) in [6.07, 6.45) is 7.67. The smallest absolute Gasteiger partial charge is 0.276 e. The maximum absolute atomic E-state index is 13.8. The fourth-order valence-electron chi connectivity index (χ4n) is 7.51. The number of carbonyl (C=O) groups is 4. The van der Waals surface area contributed by atoms with E-state index in [9.17, 15) is 19.2 Å². The quantitative estimate of drug-likeness (QED) is 0.0782. The molecule has 63 heavy (non-hydrogen) atoms. The van der Waals surface area contributed by atoms with Crippen LogP contribution >= 0.6 is 0 Å². The average Bonchev–Trinajstić information content (AvgIpc) is 4.04. The Labute approximate surface area is 362 Å². The molecule has 0 radical (unpaired) electrons. The Morgan fingerprint density at radius 2 is 1.17 bits per heavy atom. The van der Waals surface area contributed by atoms with Crippen molar-refractivity contribution in [3.63, 3.8) is 0 Å². The Morgan fingerprint density at radius 1 is 0.698 bits per heavy atom. The molecule has 7 rings (SSSR count). The van der Waals surface area contributed by atoms with Gasteiger partial charge in [0.05, 0.1) is 29.5 Å². The third kappa shape index (κ3) is 9.61. The number of primary amides is 2. The number of allylic oxidation sites excluding steroid dienone is 2. The van der Waals surface area contributed by atoms with Gasteiger partial charge in [-0.15, -0.1) is 0 Å². The lowest BCUT2D eigenvalue weighted by Crippen LogP contribution is -2.43. The van der Waals surface area contributed by atoms with Gasteiger partial charge in [-0.2, -0.15) is 10.2 Å². The molecule has 0 atom stereocenters. The van der Waals surface area contributed by atoms with E-state index in [-0.39, 0.29) is 42.7 Å². The number of amides is 4. The van der Waals surface area contributed by atoms with Gasteiger partial charge in [0, 0.05) is 70.0 Å². The monoisotopic (exact) mass is 860 g/mol. The Morgan fingerprint density at radius 3 is 1.65 bits per heavy atom. The van der Waals surface area contributed by atoms with Crippen LogP contribution in [0.4, 0.5) is 11.9 Å². The van der Waals surface area contributed by atoms with E-state index in [0.717, 1.165) is 32.7 Å². The summed E-state index contributed by atoms with van der Waals surface area (Å²) in [5.74, 6) is -1.17. The predicted molar refractivity (Wildman–Crippen MR) is 237 cm³/mol. The number of aryl methyl sites for hydroxylation is 4. The molecule has 330 valence electrons. The van der Waals surface area contributed by atoms with Gasteiger partial charge in [0.15, 0.2) is 0 Å². The fraction of sp³-hybridized carbons (Fsp3) is 0.349. The van der Waals surface area contributed by atoms with Gasteiger partial charge in [-0.05, 0) is 64.1 Å². The first-order chi connectivity index (χ1) is 30.4. The van der Waals surface area contributed by atoms with E-state index in [1.807, 2.05) is 45.1 Å². The number of rotatable bonds is 18. The lowest BCUT2D eigenvalue weighted by Gasteiger charge is -2.25. The topological polar surface area (TPSA) is 249 Å². The fourth-order valence-corrected chi connectivity index (χ4v) is 7.51. The van der Waals surface area contributed by atoms with Crippen molar-refractivity contribution in [3.05, 3.63) is 94.6 Å². The highest BCUT2D eigenvalue weighted by atomic mass is 16.5. The van der Waals surface area contributed by atoms with Crippen molar-refractivity contribution in [2.75, 3.05) is 57.1 Å². The van der Waals surface area contributed by atoms with Gasteiger partial charge < -0.3 is 35.4 Å². The number of imidazole rings is 2. The summed E-state index contributed by atoms with van der Waals surface area (Å²) in [7, 11) is 1.47. The van der Waals surface area contributed by atoms with Crippen LogP contribution in [0.2, 0.25) is 0 Å². The van der Waals surface area contributed by atoms with Crippen molar-refractivity contribution in [2.45, 2.75) is 53.9 Å². The third-order valence-corrected chi connectivity index (χ3v) is 10.5. The van der Waals surface area contributed by atoms with Gasteiger partial charge in [0.25, 0.3) is 11.8 Å². The van der Waals surface area contributed by atoms with Gasteiger partial charge in [0.1, 0.15) is 40.5 Å². The molecule has 2 aromatic carbocycles. The molecular weight excluding hydrogens is 809 g/mol. The van der Waals surface area contributed by atoms with Crippen LogP contribution in [0.15, 0.2) is 60.7 Å². The average molecular weight is 861 g/mol. The van der Waals surface area contributed by atoms with Crippen LogP contribution in [0.5, 0.6) is 11.5 Å². The first-order valence-corrected chi connectivity index (χ1v) is 20.7. The van der Waals surface area contributed by atoms with Gasteiger partial charge in [-0.1, -0.05) is 24.3 Å².